The van der Waals surface area contributed by atoms with Crippen LogP contribution in [-0.4, -0.2) is 33.2 Å². The summed E-state index contributed by atoms with van der Waals surface area (Å²) in [5, 5.41) is 3.13. The summed E-state index contributed by atoms with van der Waals surface area (Å²) >= 11 is 0. The molecule has 2 amide bonds. The van der Waals surface area contributed by atoms with Crippen LogP contribution in [-0.2, 0) is 16.1 Å². The maximum absolute atomic E-state index is 13.0. The van der Waals surface area contributed by atoms with Gasteiger partial charge in [0.15, 0.2) is 0 Å². The number of amides is 2. The molecule has 6 heteroatoms. The standard InChI is InChI=1S/C23H26N4O2/c1-15(2)21(22-24-18-10-6-7-11-19(18)25-22)26-23(29)17-12-20(28)27(14-17)13-16-8-4-3-5-9-16/h3-11,15,17,21H,12-14H2,1-2H3,(H,24,25)(H,26,29). The number of aromatic nitrogens is 2. The summed E-state index contributed by atoms with van der Waals surface area (Å²) in [6.45, 7) is 5.10. The van der Waals surface area contributed by atoms with E-state index < -0.39 is 0 Å². The molecule has 4 rings (SSSR count). The van der Waals surface area contributed by atoms with Crippen LogP contribution in [0.4, 0.5) is 0 Å². The lowest BCUT2D eigenvalue weighted by Gasteiger charge is -2.22. The van der Waals surface area contributed by atoms with Gasteiger partial charge in [0.25, 0.3) is 0 Å². The minimum atomic E-state index is -0.336. The van der Waals surface area contributed by atoms with Gasteiger partial charge in [-0.1, -0.05) is 56.3 Å². The summed E-state index contributed by atoms with van der Waals surface area (Å²) < 4.78 is 0. The van der Waals surface area contributed by atoms with E-state index in [9.17, 15) is 9.59 Å². The van der Waals surface area contributed by atoms with Crippen molar-refractivity contribution in [3.63, 3.8) is 0 Å². The Balaban J connectivity index is 1.45. The molecule has 6 nitrogen and oxygen atoms in total. The number of nitrogens with one attached hydrogen (secondary N) is 2. The maximum Gasteiger partial charge on any atom is 0.226 e. The minimum absolute atomic E-state index is 0.0267. The zero-order valence-corrected chi connectivity index (χ0v) is 16.8. The SMILES string of the molecule is CC(C)C(NC(=O)C1CC(=O)N(Cc2ccccc2)C1)c1nc2ccccc2[nH]1. The summed E-state index contributed by atoms with van der Waals surface area (Å²) in [7, 11) is 0. The van der Waals surface area contributed by atoms with E-state index in [4.69, 9.17) is 0 Å². The van der Waals surface area contributed by atoms with E-state index in [1.54, 1.807) is 4.90 Å². The Morgan fingerprint density at radius 3 is 2.62 bits per heavy atom. The third kappa shape index (κ3) is 4.16. The molecule has 2 N–H and O–H groups in total. The molecule has 0 saturated carbocycles. The Morgan fingerprint density at radius 2 is 1.90 bits per heavy atom. The van der Waals surface area contributed by atoms with Crippen molar-refractivity contribution in [2.45, 2.75) is 32.9 Å². The number of carbonyl (C=O) groups is 2. The molecule has 3 aromatic rings. The maximum atomic E-state index is 13.0. The lowest BCUT2D eigenvalue weighted by atomic mass is 10.0. The van der Waals surface area contributed by atoms with Crippen LogP contribution in [0.5, 0.6) is 0 Å². The largest absolute Gasteiger partial charge is 0.346 e. The van der Waals surface area contributed by atoms with Crippen LogP contribution < -0.4 is 5.32 Å². The van der Waals surface area contributed by atoms with Crippen LogP contribution in [0.25, 0.3) is 11.0 Å². The van der Waals surface area contributed by atoms with E-state index in [1.165, 1.54) is 0 Å². The Kier molecular flexibility index (Phi) is 5.34. The highest BCUT2D eigenvalue weighted by atomic mass is 16.2. The van der Waals surface area contributed by atoms with Crippen LogP contribution in [0, 0.1) is 11.8 Å². The third-order valence-corrected chi connectivity index (χ3v) is 5.47. The zero-order valence-electron chi connectivity index (χ0n) is 16.8. The van der Waals surface area contributed by atoms with Crippen LogP contribution in [0.1, 0.15) is 37.7 Å². The molecule has 1 aliphatic rings. The Labute approximate surface area is 170 Å². The molecule has 0 bridgehead atoms. The Bertz CT molecular complexity index is 979. The minimum Gasteiger partial charge on any atom is -0.346 e. The van der Waals surface area contributed by atoms with Gasteiger partial charge in [-0.2, -0.15) is 0 Å². The first-order valence-corrected chi connectivity index (χ1v) is 10.1. The van der Waals surface area contributed by atoms with Crippen LogP contribution >= 0.6 is 0 Å². The molecule has 1 aliphatic heterocycles. The summed E-state index contributed by atoms with van der Waals surface area (Å²) in [4.78, 5) is 35.1. The van der Waals surface area contributed by atoms with E-state index in [2.05, 4.69) is 29.1 Å². The summed E-state index contributed by atoms with van der Waals surface area (Å²) in [6.07, 6.45) is 0.254. The first kappa shape index (κ1) is 19.2. The van der Waals surface area contributed by atoms with Gasteiger partial charge < -0.3 is 15.2 Å². The number of para-hydroxylation sites is 2. The number of carbonyl (C=O) groups excluding carboxylic acids is 2. The lowest BCUT2D eigenvalue weighted by Crippen LogP contribution is -2.38. The van der Waals surface area contributed by atoms with Crippen molar-refractivity contribution in [3.8, 4) is 0 Å². The fraction of sp³-hybridized carbons (Fsp3) is 0.348. The van der Waals surface area contributed by atoms with Gasteiger partial charge in [0.2, 0.25) is 11.8 Å². The van der Waals surface area contributed by atoms with Gasteiger partial charge >= 0.3 is 0 Å². The highest BCUT2D eigenvalue weighted by Gasteiger charge is 2.35. The first-order valence-electron chi connectivity index (χ1n) is 10.1. The third-order valence-electron chi connectivity index (χ3n) is 5.47. The quantitative estimate of drug-likeness (QED) is 0.677. The van der Waals surface area contributed by atoms with Crippen molar-refractivity contribution in [2.75, 3.05) is 6.54 Å². The van der Waals surface area contributed by atoms with E-state index in [-0.39, 0.29) is 36.1 Å². The smallest absolute Gasteiger partial charge is 0.226 e. The topological polar surface area (TPSA) is 78.1 Å². The zero-order chi connectivity index (χ0) is 20.4. The molecular weight excluding hydrogens is 364 g/mol. The molecule has 2 atom stereocenters. The highest BCUT2D eigenvalue weighted by molar-refractivity contribution is 5.89. The molecule has 1 aromatic heterocycles. The van der Waals surface area contributed by atoms with E-state index >= 15 is 0 Å². The second kappa shape index (κ2) is 8.07. The van der Waals surface area contributed by atoms with Gasteiger partial charge in [-0.3, -0.25) is 9.59 Å². The molecule has 150 valence electrons. The number of aromatic amines is 1. The number of hydrogen-bond acceptors (Lipinski definition) is 3. The van der Waals surface area contributed by atoms with Gasteiger partial charge in [-0.15, -0.1) is 0 Å². The van der Waals surface area contributed by atoms with Gasteiger partial charge in [-0.25, -0.2) is 4.98 Å². The first-order chi connectivity index (χ1) is 14.0. The molecule has 2 heterocycles. The molecule has 1 saturated heterocycles. The van der Waals surface area contributed by atoms with Crippen molar-refractivity contribution < 1.29 is 9.59 Å². The van der Waals surface area contributed by atoms with Crippen molar-refractivity contribution in [3.05, 3.63) is 66.0 Å². The fourth-order valence-electron chi connectivity index (χ4n) is 3.85. The molecular formula is C23H26N4O2. The number of benzene rings is 2. The summed E-state index contributed by atoms with van der Waals surface area (Å²) in [5.74, 6) is 0.515. The monoisotopic (exact) mass is 390 g/mol. The number of nitrogens with zero attached hydrogens (tertiary/aromatic N) is 2. The number of imidazole rings is 1. The predicted molar refractivity (Wildman–Crippen MR) is 112 cm³/mol. The van der Waals surface area contributed by atoms with Crippen LogP contribution in [0.15, 0.2) is 54.6 Å². The molecule has 1 fully saturated rings. The van der Waals surface area contributed by atoms with Gasteiger partial charge in [0, 0.05) is 19.5 Å². The fourth-order valence-corrected chi connectivity index (χ4v) is 3.85. The van der Waals surface area contributed by atoms with Crippen molar-refractivity contribution in [2.24, 2.45) is 11.8 Å². The number of rotatable bonds is 6. The van der Waals surface area contributed by atoms with Gasteiger partial charge in [0.05, 0.1) is 23.0 Å². The second-order valence-electron chi connectivity index (χ2n) is 8.03. The van der Waals surface area contributed by atoms with Crippen molar-refractivity contribution in [1.29, 1.82) is 0 Å². The molecule has 0 spiro atoms. The second-order valence-corrected chi connectivity index (χ2v) is 8.03. The van der Waals surface area contributed by atoms with Gasteiger partial charge in [-0.05, 0) is 23.6 Å². The number of fused-ring (bicyclic) bond motifs is 1. The molecule has 0 radical (unpaired) electrons. The Morgan fingerprint density at radius 1 is 1.17 bits per heavy atom. The van der Waals surface area contributed by atoms with Crippen LogP contribution in [0.2, 0.25) is 0 Å². The highest BCUT2D eigenvalue weighted by Crippen LogP contribution is 2.25. The molecule has 0 aliphatic carbocycles. The van der Waals surface area contributed by atoms with Crippen molar-refractivity contribution >= 4 is 22.8 Å². The molecule has 2 unspecified atom stereocenters. The summed E-state index contributed by atoms with van der Waals surface area (Å²) in [6, 6.07) is 17.5. The molecule has 29 heavy (non-hydrogen) atoms. The average Bonchev–Trinajstić information content (AvgIpc) is 3.30. The number of H-pyrrole nitrogens is 1. The van der Waals surface area contributed by atoms with E-state index in [0.717, 1.165) is 22.4 Å². The van der Waals surface area contributed by atoms with Crippen LogP contribution in [0.3, 0.4) is 0 Å². The normalized spacial score (nSPS) is 17.8. The summed E-state index contributed by atoms with van der Waals surface area (Å²) in [5.41, 5.74) is 2.91. The molecule has 2 aromatic carbocycles. The van der Waals surface area contributed by atoms with Gasteiger partial charge in [0.1, 0.15) is 5.82 Å². The van der Waals surface area contributed by atoms with E-state index in [0.29, 0.717) is 13.1 Å². The number of hydrogen-bond donors (Lipinski definition) is 2. The lowest BCUT2D eigenvalue weighted by molar-refractivity contribution is -0.129. The van der Waals surface area contributed by atoms with E-state index in [1.807, 2.05) is 54.6 Å². The number of likely N-dealkylation sites (tertiary alicyclic amines) is 1. The predicted octanol–water partition coefficient (Wildman–Crippen LogP) is 3.42. The van der Waals surface area contributed by atoms with Crippen molar-refractivity contribution in [1.82, 2.24) is 20.2 Å². The average molecular weight is 390 g/mol. The Hall–Kier alpha value is -3.15.